The van der Waals surface area contributed by atoms with Gasteiger partial charge in [-0.15, -0.1) is 11.3 Å². The molecule has 0 saturated carbocycles. The van der Waals surface area contributed by atoms with E-state index >= 15 is 0 Å². The fourth-order valence-electron chi connectivity index (χ4n) is 1.75. The molecule has 0 unspecified atom stereocenters. The number of aromatic amines is 1. The van der Waals surface area contributed by atoms with Crippen LogP contribution in [0.2, 0.25) is 0 Å². The van der Waals surface area contributed by atoms with Crippen LogP contribution in [0.1, 0.15) is 52.4 Å². The second kappa shape index (κ2) is 5.30. The summed E-state index contributed by atoms with van der Waals surface area (Å²) in [5, 5.41) is 19.3. The van der Waals surface area contributed by atoms with Crippen molar-refractivity contribution >= 4 is 23.1 Å². The standard InChI is InChI=1S/C14H17N5OS/c1-7-9(6-15)11(19-18-7)17-12(20)10-8(2)16-13(21-10)14(3,4)5/h1-5H3,(H2,17,18,19,20). The van der Waals surface area contributed by atoms with Crippen molar-refractivity contribution < 1.29 is 4.79 Å². The van der Waals surface area contributed by atoms with Crippen molar-refractivity contribution in [3.8, 4) is 6.07 Å². The van der Waals surface area contributed by atoms with Gasteiger partial charge in [-0.05, 0) is 13.8 Å². The Morgan fingerprint density at radius 1 is 1.38 bits per heavy atom. The largest absolute Gasteiger partial charge is 0.303 e. The highest BCUT2D eigenvalue weighted by atomic mass is 32.1. The van der Waals surface area contributed by atoms with Crippen LogP contribution in [0, 0.1) is 25.2 Å². The minimum Gasteiger partial charge on any atom is -0.303 e. The number of carbonyl (C=O) groups is 1. The molecule has 2 rings (SSSR count). The molecule has 0 saturated heterocycles. The molecule has 0 bridgehead atoms. The molecule has 0 fully saturated rings. The highest BCUT2D eigenvalue weighted by molar-refractivity contribution is 7.14. The molecule has 2 N–H and O–H groups in total. The summed E-state index contributed by atoms with van der Waals surface area (Å²) in [4.78, 5) is 17.4. The van der Waals surface area contributed by atoms with Crippen molar-refractivity contribution in [1.29, 1.82) is 5.26 Å². The lowest BCUT2D eigenvalue weighted by Crippen LogP contribution is -2.12. The van der Waals surface area contributed by atoms with Gasteiger partial charge in [0.05, 0.1) is 16.4 Å². The van der Waals surface area contributed by atoms with Gasteiger partial charge in [-0.3, -0.25) is 9.89 Å². The van der Waals surface area contributed by atoms with Gasteiger partial charge in [0, 0.05) is 5.41 Å². The van der Waals surface area contributed by atoms with Gasteiger partial charge >= 0.3 is 0 Å². The maximum Gasteiger partial charge on any atom is 0.268 e. The molecule has 110 valence electrons. The van der Waals surface area contributed by atoms with E-state index in [-0.39, 0.29) is 17.1 Å². The molecule has 0 aliphatic rings. The van der Waals surface area contributed by atoms with E-state index in [4.69, 9.17) is 5.26 Å². The molecule has 2 aromatic heterocycles. The smallest absolute Gasteiger partial charge is 0.268 e. The SMILES string of the molecule is Cc1nc(C(C)(C)C)sc1C(=O)Nc1n[nH]c(C)c1C#N. The monoisotopic (exact) mass is 303 g/mol. The topological polar surface area (TPSA) is 94.5 Å². The zero-order valence-corrected chi connectivity index (χ0v) is 13.5. The fourth-order valence-corrected chi connectivity index (χ4v) is 2.77. The van der Waals surface area contributed by atoms with E-state index in [0.29, 0.717) is 21.8 Å². The van der Waals surface area contributed by atoms with Crippen LogP contribution in [0.25, 0.3) is 0 Å². The lowest BCUT2D eigenvalue weighted by molar-refractivity contribution is 0.102. The molecule has 0 aliphatic carbocycles. The number of aromatic nitrogens is 3. The number of aryl methyl sites for hydroxylation is 2. The first kappa shape index (κ1) is 15.2. The first-order valence-corrected chi connectivity index (χ1v) is 7.30. The molecule has 0 atom stereocenters. The molecular weight excluding hydrogens is 286 g/mol. The summed E-state index contributed by atoms with van der Waals surface area (Å²) in [6.07, 6.45) is 0. The summed E-state index contributed by atoms with van der Waals surface area (Å²) < 4.78 is 0. The number of hydrogen-bond acceptors (Lipinski definition) is 5. The molecule has 0 spiro atoms. The maximum atomic E-state index is 12.3. The fraction of sp³-hybridized carbons (Fsp3) is 0.429. The van der Waals surface area contributed by atoms with Crippen LogP contribution in [0.4, 0.5) is 5.82 Å². The Kier molecular flexibility index (Phi) is 3.83. The molecular formula is C14H17N5OS. The van der Waals surface area contributed by atoms with Crippen molar-refractivity contribution in [2.24, 2.45) is 0 Å². The number of nitrogens with zero attached hydrogens (tertiary/aromatic N) is 3. The van der Waals surface area contributed by atoms with Gasteiger partial charge in [0.2, 0.25) is 0 Å². The minimum atomic E-state index is -0.288. The predicted octanol–water partition coefficient (Wildman–Crippen LogP) is 2.90. The van der Waals surface area contributed by atoms with E-state index < -0.39 is 0 Å². The van der Waals surface area contributed by atoms with Crippen LogP contribution in [-0.4, -0.2) is 21.1 Å². The van der Waals surface area contributed by atoms with Gasteiger partial charge in [0.25, 0.3) is 5.91 Å². The summed E-state index contributed by atoms with van der Waals surface area (Å²) in [5.74, 6) is -0.0337. The zero-order chi connectivity index (χ0) is 15.8. The summed E-state index contributed by atoms with van der Waals surface area (Å²) >= 11 is 1.37. The minimum absolute atomic E-state index is 0.102. The van der Waals surface area contributed by atoms with E-state index in [1.165, 1.54) is 11.3 Å². The molecule has 1 amide bonds. The quantitative estimate of drug-likeness (QED) is 0.891. The van der Waals surface area contributed by atoms with E-state index in [1.54, 1.807) is 6.92 Å². The summed E-state index contributed by atoms with van der Waals surface area (Å²) in [5.41, 5.74) is 1.56. The van der Waals surface area contributed by atoms with Crippen LogP contribution in [0.15, 0.2) is 0 Å². The lowest BCUT2D eigenvalue weighted by atomic mass is 9.98. The maximum absolute atomic E-state index is 12.3. The number of nitriles is 1. The molecule has 2 heterocycles. The van der Waals surface area contributed by atoms with Crippen molar-refractivity contribution in [2.75, 3.05) is 5.32 Å². The first-order valence-electron chi connectivity index (χ1n) is 6.48. The summed E-state index contributed by atoms with van der Waals surface area (Å²) in [7, 11) is 0. The van der Waals surface area contributed by atoms with Crippen molar-refractivity contribution in [2.45, 2.75) is 40.0 Å². The van der Waals surface area contributed by atoms with E-state index in [0.717, 1.165) is 5.01 Å². The van der Waals surface area contributed by atoms with E-state index in [1.807, 2.05) is 13.0 Å². The average molecular weight is 303 g/mol. The lowest BCUT2D eigenvalue weighted by Gasteiger charge is -2.13. The number of amides is 1. The zero-order valence-electron chi connectivity index (χ0n) is 12.7. The predicted molar refractivity (Wildman–Crippen MR) is 81.5 cm³/mol. The first-order chi connectivity index (χ1) is 9.74. The van der Waals surface area contributed by atoms with Gasteiger partial charge in [-0.25, -0.2) is 4.98 Å². The van der Waals surface area contributed by atoms with Crippen LogP contribution in [0.5, 0.6) is 0 Å². The number of rotatable bonds is 2. The normalized spacial score (nSPS) is 11.2. The number of H-pyrrole nitrogens is 1. The Bertz CT molecular complexity index is 730. The Morgan fingerprint density at radius 2 is 2.05 bits per heavy atom. The average Bonchev–Trinajstić information content (AvgIpc) is 2.92. The molecule has 6 nitrogen and oxygen atoms in total. The van der Waals surface area contributed by atoms with E-state index in [9.17, 15) is 4.79 Å². The molecule has 0 aliphatic heterocycles. The summed E-state index contributed by atoms with van der Waals surface area (Å²) in [6.45, 7) is 9.70. The second-order valence-electron chi connectivity index (χ2n) is 5.82. The Morgan fingerprint density at radius 3 is 2.57 bits per heavy atom. The molecule has 0 aromatic carbocycles. The van der Waals surface area contributed by atoms with Gasteiger partial charge < -0.3 is 5.32 Å². The Labute approximate surface area is 127 Å². The van der Waals surface area contributed by atoms with Crippen molar-refractivity contribution in [3.05, 3.63) is 26.8 Å². The third-order valence-electron chi connectivity index (χ3n) is 2.94. The van der Waals surface area contributed by atoms with Crippen LogP contribution in [0.3, 0.4) is 0 Å². The van der Waals surface area contributed by atoms with Gasteiger partial charge in [0.15, 0.2) is 5.82 Å². The number of anilines is 1. The van der Waals surface area contributed by atoms with Gasteiger partial charge in [-0.2, -0.15) is 10.4 Å². The highest BCUT2D eigenvalue weighted by Crippen LogP contribution is 2.29. The number of thiazole rings is 1. The van der Waals surface area contributed by atoms with Crippen LogP contribution in [-0.2, 0) is 5.41 Å². The number of hydrogen-bond donors (Lipinski definition) is 2. The third kappa shape index (κ3) is 2.95. The molecule has 21 heavy (non-hydrogen) atoms. The van der Waals surface area contributed by atoms with E-state index in [2.05, 4.69) is 41.3 Å². The Balaban J connectivity index is 2.29. The summed E-state index contributed by atoms with van der Waals surface area (Å²) in [6, 6.07) is 2.02. The highest BCUT2D eigenvalue weighted by Gasteiger charge is 2.24. The Hall–Kier alpha value is -2.20. The second-order valence-corrected chi connectivity index (χ2v) is 6.82. The van der Waals surface area contributed by atoms with Crippen LogP contribution >= 0.6 is 11.3 Å². The van der Waals surface area contributed by atoms with Crippen molar-refractivity contribution in [1.82, 2.24) is 15.2 Å². The number of nitrogens with one attached hydrogen (secondary N) is 2. The molecule has 2 aromatic rings. The van der Waals surface area contributed by atoms with Crippen LogP contribution < -0.4 is 5.32 Å². The molecule has 7 heteroatoms. The van der Waals surface area contributed by atoms with Crippen molar-refractivity contribution in [3.63, 3.8) is 0 Å². The number of carbonyl (C=O) groups excluding carboxylic acids is 1. The third-order valence-corrected chi connectivity index (χ3v) is 4.52. The van der Waals surface area contributed by atoms with Gasteiger partial charge in [-0.1, -0.05) is 20.8 Å². The molecule has 0 radical (unpaired) electrons. The van der Waals surface area contributed by atoms with Gasteiger partial charge in [0.1, 0.15) is 16.5 Å².